The van der Waals surface area contributed by atoms with Crippen LogP contribution >= 0.6 is 15.9 Å². The van der Waals surface area contributed by atoms with Crippen molar-refractivity contribution < 1.29 is 4.74 Å². The Balaban J connectivity index is 2.15. The molecule has 2 aromatic rings. The van der Waals surface area contributed by atoms with Gasteiger partial charge in [-0.05, 0) is 34.1 Å². The van der Waals surface area contributed by atoms with E-state index in [0.29, 0.717) is 12.4 Å². The highest BCUT2D eigenvalue weighted by atomic mass is 79.9. The first-order valence-corrected chi connectivity index (χ1v) is 11.1. The van der Waals surface area contributed by atoms with E-state index in [-0.39, 0.29) is 0 Å². The second kappa shape index (κ2) is 6.08. The first-order chi connectivity index (χ1) is 9.42. The lowest BCUT2D eigenvalue weighted by atomic mass is 10.2. The van der Waals surface area contributed by atoms with E-state index in [9.17, 15) is 0 Å². The number of rotatable bonds is 5. The maximum absolute atomic E-state index is 9.17. The van der Waals surface area contributed by atoms with Crippen LogP contribution in [0.1, 0.15) is 5.69 Å². The van der Waals surface area contributed by atoms with Gasteiger partial charge in [-0.25, -0.2) is 4.68 Å². The molecule has 20 heavy (non-hydrogen) atoms. The van der Waals surface area contributed by atoms with E-state index in [1.807, 2.05) is 18.2 Å². The minimum absolute atomic E-state index is 0.388. The van der Waals surface area contributed by atoms with Crippen molar-refractivity contribution in [3.05, 3.63) is 28.4 Å². The number of aromatic nitrogens is 2. The van der Waals surface area contributed by atoms with Crippen LogP contribution in [0.4, 0.5) is 0 Å². The van der Waals surface area contributed by atoms with E-state index < -0.39 is 8.07 Å². The van der Waals surface area contributed by atoms with E-state index in [1.54, 1.807) is 4.68 Å². The average Bonchev–Trinajstić information content (AvgIpc) is 2.73. The van der Waals surface area contributed by atoms with Crippen LogP contribution in [0.15, 0.2) is 22.7 Å². The number of hydrogen-bond acceptors (Lipinski definition) is 3. The Hall–Kier alpha value is -1.16. The Morgan fingerprint density at radius 3 is 2.80 bits per heavy atom. The van der Waals surface area contributed by atoms with Crippen molar-refractivity contribution in [2.45, 2.75) is 32.4 Å². The Bertz CT molecular complexity index is 655. The summed E-state index contributed by atoms with van der Waals surface area (Å²) in [4.78, 5) is 0. The number of hydrogen-bond donors (Lipinski definition) is 0. The Morgan fingerprint density at radius 1 is 1.40 bits per heavy atom. The van der Waals surface area contributed by atoms with Crippen LogP contribution in [0, 0.1) is 11.3 Å². The lowest BCUT2D eigenvalue weighted by molar-refractivity contribution is 0.0816. The molecule has 0 amide bonds. The molecule has 0 saturated carbocycles. The highest BCUT2D eigenvalue weighted by Gasteiger charge is 2.14. The monoisotopic (exact) mass is 351 g/mol. The van der Waals surface area contributed by atoms with Crippen molar-refractivity contribution in [1.82, 2.24) is 9.78 Å². The largest absolute Gasteiger partial charge is 0.360 e. The van der Waals surface area contributed by atoms with Gasteiger partial charge in [0.15, 0.2) is 5.69 Å². The molecule has 2 rings (SSSR count). The number of benzene rings is 1. The van der Waals surface area contributed by atoms with Gasteiger partial charge in [0.1, 0.15) is 12.8 Å². The van der Waals surface area contributed by atoms with Crippen LogP contribution in [0.5, 0.6) is 0 Å². The minimum atomic E-state index is -1.07. The van der Waals surface area contributed by atoms with Crippen molar-refractivity contribution in [3.8, 4) is 6.07 Å². The molecule has 0 radical (unpaired) electrons. The van der Waals surface area contributed by atoms with Gasteiger partial charge < -0.3 is 4.74 Å². The predicted octanol–water partition coefficient (Wildman–Crippen LogP) is 3.98. The van der Waals surface area contributed by atoms with Crippen LogP contribution in [0.25, 0.3) is 10.9 Å². The maximum atomic E-state index is 9.17. The second-order valence-corrected chi connectivity index (χ2v) is 12.4. The first-order valence-electron chi connectivity index (χ1n) is 6.55. The van der Waals surface area contributed by atoms with Gasteiger partial charge >= 0.3 is 0 Å². The summed E-state index contributed by atoms with van der Waals surface area (Å²) >= 11 is 3.47. The number of halogens is 1. The molecule has 0 N–H and O–H groups in total. The van der Waals surface area contributed by atoms with Gasteiger partial charge in [0.2, 0.25) is 0 Å². The van der Waals surface area contributed by atoms with Gasteiger partial charge in [-0.2, -0.15) is 10.4 Å². The molecule has 1 heterocycles. The maximum Gasteiger partial charge on any atom is 0.171 e. The van der Waals surface area contributed by atoms with Gasteiger partial charge in [-0.1, -0.05) is 25.7 Å². The Kier molecular flexibility index (Phi) is 4.63. The molecular formula is C14H18BrN3OSi. The van der Waals surface area contributed by atoms with E-state index in [1.165, 1.54) is 0 Å². The third kappa shape index (κ3) is 3.48. The summed E-state index contributed by atoms with van der Waals surface area (Å²) in [6, 6.07) is 9.07. The second-order valence-electron chi connectivity index (χ2n) is 5.94. The number of nitrogens with zero attached hydrogens (tertiary/aromatic N) is 3. The zero-order chi connectivity index (χ0) is 14.8. The molecule has 0 atom stereocenters. The molecule has 106 valence electrons. The van der Waals surface area contributed by atoms with Crippen molar-refractivity contribution >= 4 is 34.9 Å². The summed E-state index contributed by atoms with van der Waals surface area (Å²) in [6.45, 7) is 8.10. The molecule has 0 aliphatic heterocycles. The zero-order valence-electron chi connectivity index (χ0n) is 12.0. The van der Waals surface area contributed by atoms with Crippen molar-refractivity contribution in [1.29, 1.82) is 5.26 Å². The quantitative estimate of drug-likeness (QED) is 0.604. The third-order valence-electron chi connectivity index (χ3n) is 3.04. The Morgan fingerprint density at radius 2 is 2.15 bits per heavy atom. The molecule has 0 spiro atoms. The fraction of sp³-hybridized carbons (Fsp3) is 0.429. The summed E-state index contributed by atoms with van der Waals surface area (Å²) in [7, 11) is -1.07. The molecule has 0 bridgehead atoms. The van der Waals surface area contributed by atoms with Crippen LogP contribution in [0.2, 0.25) is 25.7 Å². The fourth-order valence-corrected chi connectivity index (χ4v) is 3.19. The van der Waals surface area contributed by atoms with Crippen LogP contribution in [-0.2, 0) is 11.5 Å². The summed E-state index contributed by atoms with van der Waals surface area (Å²) in [5.74, 6) is 0. The van der Waals surface area contributed by atoms with Crippen molar-refractivity contribution in [3.63, 3.8) is 0 Å². The summed E-state index contributed by atoms with van der Waals surface area (Å²) in [6.07, 6.45) is 0. The van der Waals surface area contributed by atoms with E-state index in [4.69, 9.17) is 10.00 Å². The molecule has 1 aromatic carbocycles. The van der Waals surface area contributed by atoms with Gasteiger partial charge in [-0.3, -0.25) is 0 Å². The number of ether oxygens (including phenoxy) is 1. The van der Waals surface area contributed by atoms with Crippen LogP contribution < -0.4 is 0 Å². The van der Waals surface area contributed by atoms with Gasteiger partial charge in [0.05, 0.1) is 10.9 Å². The molecule has 0 saturated heterocycles. The lowest BCUT2D eigenvalue weighted by Crippen LogP contribution is -2.22. The van der Waals surface area contributed by atoms with Gasteiger partial charge in [0, 0.05) is 19.2 Å². The molecule has 4 nitrogen and oxygen atoms in total. The highest BCUT2D eigenvalue weighted by molar-refractivity contribution is 9.10. The van der Waals surface area contributed by atoms with E-state index in [0.717, 1.165) is 28.0 Å². The topological polar surface area (TPSA) is 50.8 Å². The normalized spacial score (nSPS) is 11.8. The fourth-order valence-electron chi connectivity index (χ4n) is 1.89. The molecule has 0 fully saturated rings. The summed E-state index contributed by atoms with van der Waals surface area (Å²) < 4.78 is 8.35. The average molecular weight is 352 g/mol. The smallest absolute Gasteiger partial charge is 0.171 e. The molecule has 0 unspecified atom stereocenters. The number of fused-ring (bicyclic) bond motifs is 1. The number of nitriles is 1. The SMILES string of the molecule is C[Si](C)(C)CCOCn1nc(C#N)c2c(Br)cccc21. The molecule has 0 aliphatic carbocycles. The minimum Gasteiger partial charge on any atom is -0.360 e. The predicted molar refractivity (Wildman–Crippen MR) is 86.3 cm³/mol. The van der Waals surface area contributed by atoms with Gasteiger partial charge in [-0.15, -0.1) is 0 Å². The third-order valence-corrected chi connectivity index (χ3v) is 5.41. The molecule has 1 aromatic heterocycles. The summed E-state index contributed by atoms with van der Waals surface area (Å²) in [5, 5.41) is 14.3. The lowest BCUT2D eigenvalue weighted by Gasteiger charge is -2.15. The zero-order valence-corrected chi connectivity index (χ0v) is 14.6. The molecule has 0 aliphatic rings. The summed E-state index contributed by atoms with van der Waals surface area (Å²) in [5.41, 5.74) is 1.35. The van der Waals surface area contributed by atoms with Crippen LogP contribution in [-0.4, -0.2) is 24.5 Å². The van der Waals surface area contributed by atoms with Gasteiger partial charge in [0.25, 0.3) is 0 Å². The van der Waals surface area contributed by atoms with Crippen molar-refractivity contribution in [2.75, 3.05) is 6.61 Å². The first kappa shape index (κ1) is 15.2. The molecular weight excluding hydrogens is 334 g/mol. The Labute approximate surface area is 128 Å². The standard InChI is InChI=1S/C14H18BrN3OSi/c1-20(2,3)8-7-19-10-18-13-6-4-5-11(15)14(13)12(9-16)17-18/h4-6H,7-8,10H2,1-3H3. The molecule has 6 heteroatoms. The van der Waals surface area contributed by atoms with E-state index in [2.05, 4.69) is 46.7 Å². The van der Waals surface area contributed by atoms with E-state index >= 15 is 0 Å². The highest BCUT2D eigenvalue weighted by Crippen LogP contribution is 2.26. The van der Waals surface area contributed by atoms with Crippen LogP contribution in [0.3, 0.4) is 0 Å². The van der Waals surface area contributed by atoms with Crippen molar-refractivity contribution in [2.24, 2.45) is 0 Å².